The van der Waals surface area contributed by atoms with Crippen molar-refractivity contribution in [3.05, 3.63) is 97.3 Å². The lowest BCUT2D eigenvalue weighted by molar-refractivity contribution is 0.0723. The molecule has 3 aromatic rings. The lowest BCUT2D eigenvalue weighted by Gasteiger charge is -2.31. The molecule has 8 nitrogen and oxygen atoms in total. The van der Waals surface area contributed by atoms with Crippen molar-refractivity contribution in [3.63, 3.8) is 0 Å². The number of hydrogen-bond acceptors (Lipinski definition) is 5. The maximum Gasteiger partial charge on any atom is 0.274 e. The molecule has 3 heterocycles. The fraction of sp³-hybridized carbons (Fsp3) is 0.296. The highest BCUT2D eigenvalue weighted by Gasteiger charge is 2.26. The summed E-state index contributed by atoms with van der Waals surface area (Å²) in [6, 6.07) is 11.7. The smallest absolute Gasteiger partial charge is 0.274 e. The summed E-state index contributed by atoms with van der Waals surface area (Å²) >= 11 is 0. The molecule has 0 saturated heterocycles. The Morgan fingerprint density at radius 3 is 2.51 bits per heavy atom. The monoisotopic (exact) mass is 472 g/mol. The molecule has 1 aliphatic rings. The van der Waals surface area contributed by atoms with Gasteiger partial charge in [-0.2, -0.15) is 5.10 Å². The topological polar surface area (TPSA) is 94.3 Å². The van der Waals surface area contributed by atoms with Gasteiger partial charge in [-0.25, -0.2) is 4.68 Å². The van der Waals surface area contributed by atoms with E-state index < -0.39 is 0 Å². The highest BCUT2D eigenvalue weighted by atomic mass is 16.2. The average Bonchev–Trinajstić information content (AvgIpc) is 2.84. The van der Waals surface area contributed by atoms with Gasteiger partial charge >= 0.3 is 0 Å². The summed E-state index contributed by atoms with van der Waals surface area (Å²) in [6.45, 7) is 6.64. The van der Waals surface area contributed by atoms with Gasteiger partial charge in [0.05, 0.1) is 0 Å². The molecule has 1 amide bonds. The van der Waals surface area contributed by atoms with Crippen LogP contribution in [0.15, 0.2) is 63.7 Å². The molecule has 0 spiro atoms. The van der Waals surface area contributed by atoms with Crippen LogP contribution in [-0.4, -0.2) is 37.5 Å². The number of aromatic nitrogens is 3. The van der Waals surface area contributed by atoms with Crippen molar-refractivity contribution in [1.82, 2.24) is 19.2 Å². The first-order valence-electron chi connectivity index (χ1n) is 11.5. The van der Waals surface area contributed by atoms with Gasteiger partial charge in [0.25, 0.3) is 17.0 Å². The molecule has 1 aromatic carbocycles. The van der Waals surface area contributed by atoms with E-state index in [4.69, 9.17) is 0 Å². The number of Topliss-reactive ketones (excluding diaryl/α,β-unsaturated/α-hetero) is 1. The van der Waals surface area contributed by atoms with Gasteiger partial charge in [0.2, 0.25) is 0 Å². The van der Waals surface area contributed by atoms with Crippen LogP contribution >= 0.6 is 0 Å². The molecule has 8 heteroatoms. The fourth-order valence-corrected chi connectivity index (χ4v) is 4.25. The number of fused-ring (bicyclic) bond motifs is 1. The third kappa shape index (κ3) is 4.91. The second-order valence-electron chi connectivity index (χ2n) is 9.02. The maximum atomic E-state index is 13.6. The summed E-state index contributed by atoms with van der Waals surface area (Å²) in [5.41, 5.74) is 4.35. The summed E-state index contributed by atoms with van der Waals surface area (Å²) in [7, 11) is 1.51. The van der Waals surface area contributed by atoms with Crippen molar-refractivity contribution in [2.24, 2.45) is 7.05 Å². The largest absolute Gasteiger partial charge is 0.332 e. The van der Waals surface area contributed by atoms with Crippen LogP contribution in [0.5, 0.6) is 0 Å². The number of carbonyl (C=O) groups is 2. The van der Waals surface area contributed by atoms with Crippen molar-refractivity contribution in [2.75, 3.05) is 6.54 Å². The Morgan fingerprint density at radius 1 is 1.06 bits per heavy atom. The van der Waals surface area contributed by atoms with E-state index in [1.807, 2.05) is 32.1 Å². The first kappa shape index (κ1) is 24.1. The van der Waals surface area contributed by atoms with Crippen LogP contribution in [0, 0.1) is 0 Å². The summed E-state index contributed by atoms with van der Waals surface area (Å²) in [6.07, 6.45) is 2.52. The number of nitrogens with zero attached hydrogens (tertiary/aromatic N) is 4. The van der Waals surface area contributed by atoms with Gasteiger partial charge in [0, 0.05) is 56.0 Å². The Kier molecular flexibility index (Phi) is 6.64. The van der Waals surface area contributed by atoms with E-state index in [0.29, 0.717) is 42.7 Å². The van der Waals surface area contributed by atoms with Gasteiger partial charge in [-0.1, -0.05) is 29.8 Å². The van der Waals surface area contributed by atoms with Crippen molar-refractivity contribution in [2.45, 2.75) is 40.3 Å². The van der Waals surface area contributed by atoms with E-state index in [0.717, 1.165) is 21.5 Å². The lowest BCUT2D eigenvalue weighted by Crippen LogP contribution is -2.40. The van der Waals surface area contributed by atoms with Crippen LogP contribution in [0.1, 0.15) is 52.9 Å². The third-order valence-electron chi connectivity index (χ3n) is 6.20. The molecule has 1 aliphatic heterocycles. The van der Waals surface area contributed by atoms with Crippen molar-refractivity contribution in [3.8, 4) is 11.1 Å². The summed E-state index contributed by atoms with van der Waals surface area (Å²) in [5, 5.41) is 4.09. The molecule has 0 unspecified atom stereocenters. The first-order valence-corrected chi connectivity index (χ1v) is 11.5. The van der Waals surface area contributed by atoms with Crippen LogP contribution in [-0.2, 0) is 26.6 Å². The zero-order valence-corrected chi connectivity index (χ0v) is 20.4. The molecular formula is C27H28N4O4. The van der Waals surface area contributed by atoms with E-state index in [2.05, 4.69) is 5.10 Å². The van der Waals surface area contributed by atoms with Crippen LogP contribution < -0.4 is 11.1 Å². The molecule has 0 saturated carbocycles. The van der Waals surface area contributed by atoms with Crippen LogP contribution in [0.4, 0.5) is 0 Å². The number of allylic oxidation sites excluding steroid dienone is 2. The third-order valence-corrected chi connectivity index (χ3v) is 6.20. The Hall–Kier alpha value is -4.07. The number of amides is 1. The lowest BCUT2D eigenvalue weighted by atomic mass is 9.97. The number of carbonyl (C=O) groups excluding carboxylic acids is 2. The molecule has 0 bridgehead atoms. The first-order chi connectivity index (χ1) is 16.7. The number of benzene rings is 1. The zero-order valence-electron chi connectivity index (χ0n) is 20.4. The predicted octanol–water partition coefficient (Wildman–Crippen LogP) is 2.98. The molecule has 2 aromatic heterocycles. The second kappa shape index (κ2) is 9.66. The van der Waals surface area contributed by atoms with Crippen molar-refractivity contribution < 1.29 is 9.59 Å². The van der Waals surface area contributed by atoms with Gasteiger partial charge < -0.3 is 9.47 Å². The van der Waals surface area contributed by atoms with Crippen molar-refractivity contribution >= 4 is 11.7 Å². The van der Waals surface area contributed by atoms with Gasteiger partial charge in [0.1, 0.15) is 5.69 Å². The summed E-state index contributed by atoms with van der Waals surface area (Å²) < 4.78 is 2.91. The molecule has 35 heavy (non-hydrogen) atoms. The van der Waals surface area contributed by atoms with E-state index in [1.54, 1.807) is 27.7 Å². The van der Waals surface area contributed by atoms with E-state index >= 15 is 0 Å². The van der Waals surface area contributed by atoms with Crippen LogP contribution in [0.25, 0.3) is 11.1 Å². The summed E-state index contributed by atoms with van der Waals surface area (Å²) in [4.78, 5) is 52.0. The molecule has 0 fully saturated rings. The predicted molar refractivity (Wildman–Crippen MR) is 133 cm³/mol. The minimum Gasteiger partial charge on any atom is -0.332 e. The van der Waals surface area contributed by atoms with Crippen LogP contribution in [0.2, 0.25) is 0 Å². The number of hydrogen-bond donors (Lipinski definition) is 0. The van der Waals surface area contributed by atoms with Gasteiger partial charge in [-0.15, -0.1) is 0 Å². The molecular weight excluding hydrogens is 444 g/mol. The van der Waals surface area contributed by atoms with Gasteiger partial charge in [0.15, 0.2) is 5.78 Å². The van der Waals surface area contributed by atoms with Gasteiger partial charge in [-0.05, 0) is 50.1 Å². The van der Waals surface area contributed by atoms with Crippen molar-refractivity contribution in [1.29, 1.82) is 0 Å². The fourth-order valence-electron chi connectivity index (χ4n) is 4.25. The number of pyridine rings is 1. The second-order valence-corrected chi connectivity index (χ2v) is 9.02. The molecule has 0 atom stereocenters. The Balaban J connectivity index is 1.79. The molecule has 0 N–H and O–H groups in total. The van der Waals surface area contributed by atoms with E-state index in [-0.39, 0.29) is 28.5 Å². The maximum absolute atomic E-state index is 13.6. The minimum atomic E-state index is -0.286. The molecule has 0 aliphatic carbocycles. The SMILES string of the molecule is CC(=O)c1cccc(-c2cc3c(n(CC=C(C)C)c2=O)CCN(C(=O)c2ccc(=O)n(C)n2)C3)c1. The normalized spacial score (nSPS) is 12.7. The number of aryl methyl sites for hydroxylation is 1. The average molecular weight is 473 g/mol. The Morgan fingerprint density at radius 2 is 1.83 bits per heavy atom. The summed E-state index contributed by atoms with van der Waals surface area (Å²) in [5.74, 6) is -0.343. The van der Waals surface area contributed by atoms with Gasteiger partial charge in [-0.3, -0.25) is 19.2 Å². The van der Waals surface area contributed by atoms with E-state index in [1.165, 1.54) is 26.1 Å². The quantitative estimate of drug-likeness (QED) is 0.420. The molecule has 4 rings (SSSR count). The van der Waals surface area contributed by atoms with Crippen LogP contribution in [0.3, 0.4) is 0 Å². The standard InChI is InChI=1S/C27H28N4O4/c1-17(2)10-13-31-24-11-12-30(27(35)23-8-9-25(33)29(4)28-23)16-21(24)15-22(26(31)34)20-7-5-6-19(14-20)18(3)32/h5-10,14-15H,11-13,16H2,1-4H3. The highest BCUT2D eigenvalue weighted by Crippen LogP contribution is 2.25. The van der Waals surface area contributed by atoms with E-state index in [9.17, 15) is 19.2 Å². The zero-order chi connectivity index (χ0) is 25.3. The molecule has 0 radical (unpaired) electrons. The highest BCUT2D eigenvalue weighted by molar-refractivity contribution is 5.95. The Bertz CT molecular complexity index is 1480. The number of rotatable bonds is 5. The molecule has 180 valence electrons. The number of ketones is 1. The Labute approximate surface area is 203 Å². The minimum absolute atomic E-state index is 0.0730.